The molecule has 1 aliphatic rings. The summed E-state index contributed by atoms with van der Waals surface area (Å²) in [5.74, 6) is -1.72. The lowest BCUT2D eigenvalue weighted by atomic mass is 10.1. The summed E-state index contributed by atoms with van der Waals surface area (Å²) < 4.78 is 60.8. The number of nitrogens with one attached hydrogen (secondary N) is 2. The van der Waals surface area contributed by atoms with Gasteiger partial charge >= 0.3 is 6.18 Å². The normalized spacial score (nSPS) is 15.5. The van der Waals surface area contributed by atoms with Crippen LogP contribution < -0.4 is 5.32 Å². The minimum Gasteiger partial charge on any atom is -0.337 e. The van der Waals surface area contributed by atoms with Crippen molar-refractivity contribution in [3.8, 4) is 5.82 Å². The van der Waals surface area contributed by atoms with Gasteiger partial charge in [-0.25, -0.2) is 13.9 Å². The highest BCUT2D eigenvalue weighted by Crippen LogP contribution is 2.32. The molecule has 0 unspecified atom stereocenters. The van der Waals surface area contributed by atoms with E-state index in [9.17, 15) is 27.0 Å². The zero-order chi connectivity index (χ0) is 27.1. The van der Waals surface area contributed by atoms with Gasteiger partial charge in [0.05, 0.1) is 16.3 Å². The van der Waals surface area contributed by atoms with E-state index < -0.39 is 39.1 Å². The van der Waals surface area contributed by atoms with Gasteiger partial charge in [0.15, 0.2) is 11.5 Å². The number of pyridine rings is 1. The van der Waals surface area contributed by atoms with Crippen molar-refractivity contribution in [2.75, 3.05) is 29.9 Å². The van der Waals surface area contributed by atoms with Crippen molar-refractivity contribution in [2.24, 2.45) is 0 Å². The largest absolute Gasteiger partial charge is 0.435 e. The fraction of sp³-hybridized carbons (Fsp3) is 0.273. The maximum absolute atomic E-state index is 13.5. The van der Waals surface area contributed by atoms with Crippen LogP contribution in [0.3, 0.4) is 0 Å². The topological polar surface area (TPSA) is 121 Å². The Morgan fingerprint density at radius 1 is 1.16 bits per heavy atom. The first-order valence-electron chi connectivity index (χ1n) is 10.7. The fourth-order valence-electron chi connectivity index (χ4n) is 3.73. The van der Waals surface area contributed by atoms with Gasteiger partial charge in [-0.15, -0.1) is 0 Å². The van der Waals surface area contributed by atoms with E-state index >= 15 is 0 Å². The molecule has 3 heterocycles. The summed E-state index contributed by atoms with van der Waals surface area (Å²) in [6, 6.07) is 6.22. The maximum atomic E-state index is 13.5. The average Bonchev–Trinajstić information content (AvgIpc) is 3.26. The standard InChI is InChI=1S/C22H19Cl2F3N6O3S/c1-12-9-13(23)10-14(21(35)32-5-7-37(28,36)8-6-32)18(12)30-20(34)16-11-17(22(25,26)27)31-33(16)19-15(24)3-2-4-29-19/h2-4,9-11,28H,5-8H2,1H3,(H,30,34). The van der Waals surface area contributed by atoms with E-state index in [1.54, 1.807) is 6.92 Å². The number of hydrogen-bond acceptors (Lipinski definition) is 6. The van der Waals surface area contributed by atoms with E-state index in [-0.39, 0.29) is 51.7 Å². The highest BCUT2D eigenvalue weighted by atomic mass is 35.5. The number of carbonyl (C=O) groups excluding carboxylic acids is 2. The third kappa shape index (κ3) is 5.73. The molecule has 0 saturated carbocycles. The van der Waals surface area contributed by atoms with E-state index in [1.165, 1.54) is 35.4 Å². The lowest BCUT2D eigenvalue weighted by Crippen LogP contribution is -2.43. The van der Waals surface area contributed by atoms with Crippen molar-refractivity contribution in [2.45, 2.75) is 13.1 Å². The van der Waals surface area contributed by atoms with Gasteiger partial charge in [-0.1, -0.05) is 23.2 Å². The summed E-state index contributed by atoms with van der Waals surface area (Å²) in [4.78, 5) is 31.9. The molecule has 196 valence electrons. The van der Waals surface area contributed by atoms with Crippen LogP contribution in [0, 0.1) is 11.7 Å². The number of aromatic nitrogens is 3. The van der Waals surface area contributed by atoms with Gasteiger partial charge in [0.2, 0.25) is 0 Å². The summed E-state index contributed by atoms with van der Waals surface area (Å²) in [7, 11) is -2.77. The second-order valence-electron chi connectivity index (χ2n) is 8.24. The van der Waals surface area contributed by atoms with Crippen molar-refractivity contribution in [1.82, 2.24) is 19.7 Å². The zero-order valence-corrected chi connectivity index (χ0v) is 21.4. The monoisotopic (exact) mass is 574 g/mol. The van der Waals surface area contributed by atoms with Crippen LogP contribution in [-0.4, -0.2) is 60.3 Å². The molecule has 0 aliphatic carbocycles. The van der Waals surface area contributed by atoms with Gasteiger partial charge in [-0.2, -0.15) is 18.3 Å². The number of halogens is 5. The molecule has 1 aliphatic heterocycles. The van der Waals surface area contributed by atoms with E-state index in [0.29, 0.717) is 16.3 Å². The summed E-state index contributed by atoms with van der Waals surface area (Å²) in [6.45, 7) is 1.71. The van der Waals surface area contributed by atoms with Crippen molar-refractivity contribution in [1.29, 1.82) is 4.78 Å². The third-order valence-electron chi connectivity index (χ3n) is 5.61. The predicted octanol–water partition coefficient (Wildman–Crippen LogP) is 4.66. The molecule has 2 N–H and O–H groups in total. The molecule has 4 rings (SSSR count). The molecule has 2 aromatic heterocycles. The van der Waals surface area contributed by atoms with Crippen LogP contribution in [-0.2, 0) is 15.9 Å². The number of alkyl halides is 3. The minimum absolute atomic E-state index is 0.00419. The van der Waals surface area contributed by atoms with Crippen LogP contribution in [0.5, 0.6) is 0 Å². The van der Waals surface area contributed by atoms with Crippen molar-refractivity contribution in [3.05, 3.63) is 69.1 Å². The van der Waals surface area contributed by atoms with Gasteiger partial charge in [-0.3, -0.25) is 14.4 Å². The van der Waals surface area contributed by atoms with Gasteiger partial charge in [0.1, 0.15) is 5.69 Å². The Bertz CT molecular complexity index is 1490. The van der Waals surface area contributed by atoms with Crippen LogP contribution in [0.25, 0.3) is 5.82 Å². The highest BCUT2D eigenvalue weighted by Gasteiger charge is 2.37. The molecule has 9 nitrogen and oxygen atoms in total. The molecule has 1 fully saturated rings. The van der Waals surface area contributed by atoms with E-state index in [0.717, 1.165) is 0 Å². The second-order valence-corrected chi connectivity index (χ2v) is 11.5. The van der Waals surface area contributed by atoms with Gasteiger partial charge in [0.25, 0.3) is 11.8 Å². The first-order chi connectivity index (χ1) is 17.3. The quantitative estimate of drug-likeness (QED) is 0.469. The van der Waals surface area contributed by atoms with Crippen LogP contribution >= 0.6 is 23.2 Å². The molecule has 1 saturated heterocycles. The number of carbonyl (C=O) groups is 2. The Kier molecular flexibility index (Phi) is 7.23. The first-order valence-corrected chi connectivity index (χ1v) is 13.3. The lowest BCUT2D eigenvalue weighted by molar-refractivity contribution is -0.141. The molecule has 2 amide bonds. The van der Waals surface area contributed by atoms with E-state index in [2.05, 4.69) is 15.4 Å². The molecule has 37 heavy (non-hydrogen) atoms. The van der Waals surface area contributed by atoms with Crippen LogP contribution in [0.2, 0.25) is 10.0 Å². The fourth-order valence-corrected chi connectivity index (χ4v) is 5.44. The van der Waals surface area contributed by atoms with Crippen molar-refractivity contribution < 1.29 is 27.0 Å². The second kappa shape index (κ2) is 9.95. The molecule has 0 spiro atoms. The molecule has 1 aromatic carbocycles. The number of nitrogens with zero attached hydrogens (tertiary/aromatic N) is 4. The smallest absolute Gasteiger partial charge is 0.337 e. The summed E-state index contributed by atoms with van der Waals surface area (Å²) in [6.07, 6.45) is -3.57. The van der Waals surface area contributed by atoms with Gasteiger partial charge in [-0.05, 0) is 36.8 Å². The summed E-state index contributed by atoms with van der Waals surface area (Å²) in [5.41, 5.74) is -1.45. The number of hydrogen-bond donors (Lipinski definition) is 2. The Balaban J connectivity index is 1.74. The average molecular weight is 575 g/mol. The third-order valence-corrected chi connectivity index (χ3v) is 7.81. The lowest BCUT2D eigenvalue weighted by Gasteiger charge is -2.29. The van der Waals surface area contributed by atoms with Crippen molar-refractivity contribution in [3.63, 3.8) is 0 Å². The molecule has 3 aromatic rings. The number of anilines is 1. The van der Waals surface area contributed by atoms with Crippen LogP contribution in [0.15, 0.2) is 36.5 Å². The minimum atomic E-state index is -4.86. The summed E-state index contributed by atoms with van der Waals surface area (Å²) in [5, 5.41) is 6.17. The Labute approximate surface area is 219 Å². The number of rotatable bonds is 4. The van der Waals surface area contributed by atoms with E-state index in [1.807, 2.05) is 0 Å². The Morgan fingerprint density at radius 3 is 2.46 bits per heavy atom. The van der Waals surface area contributed by atoms with Crippen LogP contribution in [0.4, 0.5) is 18.9 Å². The number of aryl methyl sites for hydroxylation is 1. The van der Waals surface area contributed by atoms with Gasteiger partial charge < -0.3 is 10.2 Å². The molecule has 0 bridgehead atoms. The van der Waals surface area contributed by atoms with Gasteiger partial charge in [0, 0.05) is 51.6 Å². The van der Waals surface area contributed by atoms with Crippen molar-refractivity contribution >= 4 is 50.4 Å². The molecule has 0 radical (unpaired) electrons. The maximum Gasteiger partial charge on any atom is 0.435 e. The highest BCUT2D eigenvalue weighted by molar-refractivity contribution is 7.92. The van der Waals surface area contributed by atoms with Crippen LogP contribution in [0.1, 0.15) is 32.1 Å². The Hall–Kier alpha value is -3.16. The number of amides is 2. The number of benzene rings is 1. The van der Waals surface area contributed by atoms with E-state index in [4.69, 9.17) is 28.0 Å². The summed E-state index contributed by atoms with van der Waals surface area (Å²) >= 11 is 12.3. The Morgan fingerprint density at radius 2 is 1.84 bits per heavy atom. The zero-order valence-electron chi connectivity index (χ0n) is 19.1. The molecule has 15 heteroatoms. The first kappa shape index (κ1) is 26.9. The predicted molar refractivity (Wildman–Crippen MR) is 132 cm³/mol. The SMILES string of the molecule is Cc1cc(Cl)cc(C(=O)N2CCS(=N)(=O)CC2)c1NC(=O)c1cc(C(F)(F)F)nn1-c1ncccc1Cl. The molecular weight excluding hydrogens is 556 g/mol. The molecular formula is C22H19Cl2F3N6O3S. The molecule has 0 atom stereocenters.